The van der Waals surface area contributed by atoms with Crippen LogP contribution in [0.1, 0.15) is 11.3 Å². The Balaban J connectivity index is 1.47. The molecule has 136 valence electrons. The number of hydrogen-bond donors (Lipinski definition) is 1. The smallest absolute Gasteiger partial charge is 0.254 e. The summed E-state index contributed by atoms with van der Waals surface area (Å²) < 4.78 is 7.00. The zero-order valence-corrected chi connectivity index (χ0v) is 14.7. The molecule has 3 aromatic rings. The molecular formula is C18H22N6O2. The number of fused-ring (bicyclic) bond motifs is 1. The summed E-state index contributed by atoms with van der Waals surface area (Å²) in [6.07, 6.45) is 1.53. The zero-order valence-electron chi connectivity index (χ0n) is 14.7. The van der Waals surface area contributed by atoms with Crippen molar-refractivity contribution in [1.29, 1.82) is 0 Å². The maximum Gasteiger partial charge on any atom is 0.254 e. The first kappa shape index (κ1) is 16.7. The lowest BCUT2D eigenvalue weighted by molar-refractivity contribution is 0.181. The van der Waals surface area contributed by atoms with Crippen LogP contribution in [-0.4, -0.2) is 62.9 Å². The van der Waals surface area contributed by atoms with E-state index in [1.54, 1.807) is 17.7 Å². The number of nitrogens with zero attached hydrogens (tertiary/aromatic N) is 6. The van der Waals surface area contributed by atoms with Gasteiger partial charge in [0.2, 0.25) is 0 Å². The van der Waals surface area contributed by atoms with E-state index in [0.717, 1.165) is 49.8 Å². The molecule has 1 aliphatic heterocycles. The molecule has 0 aliphatic carbocycles. The van der Waals surface area contributed by atoms with E-state index in [1.165, 1.54) is 6.33 Å². The Labute approximate surface area is 151 Å². The topological polar surface area (TPSA) is 79.0 Å². The van der Waals surface area contributed by atoms with Gasteiger partial charge in [0.15, 0.2) is 0 Å². The van der Waals surface area contributed by atoms with Crippen LogP contribution in [0.5, 0.6) is 5.75 Å². The van der Waals surface area contributed by atoms with Crippen LogP contribution in [0.15, 0.2) is 36.7 Å². The van der Waals surface area contributed by atoms with Crippen molar-refractivity contribution >= 4 is 11.6 Å². The minimum atomic E-state index is 0.317. The molecule has 1 N–H and O–H groups in total. The molecule has 8 nitrogen and oxygen atoms in total. The number of aromatic nitrogens is 4. The highest BCUT2D eigenvalue weighted by Crippen LogP contribution is 2.20. The molecule has 1 aliphatic rings. The Morgan fingerprint density at radius 1 is 1.15 bits per heavy atom. The number of phenols is 1. The number of aromatic hydroxyl groups is 1. The minimum absolute atomic E-state index is 0.317. The third-order valence-corrected chi connectivity index (χ3v) is 4.59. The monoisotopic (exact) mass is 354 g/mol. The third-order valence-electron chi connectivity index (χ3n) is 4.59. The first-order valence-electron chi connectivity index (χ1n) is 8.67. The van der Waals surface area contributed by atoms with Gasteiger partial charge < -0.3 is 14.7 Å². The van der Waals surface area contributed by atoms with E-state index in [9.17, 15) is 5.11 Å². The molecule has 1 aromatic carbocycles. The highest BCUT2D eigenvalue weighted by Gasteiger charge is 2.21. The average Bonchev–Trinajstić information content (AvgIpc) is 3.11. The molecule has 0 atom stereocenters. The van der Waals surface area contributed by atoms with Crippen LogP contribution in [0.2, 0.25) is 0 Å². The Bertz CT molecular complexity index is 888. The quantitative estimate of drug-likeness (QED) is 0.740. The van der Waals surface area contributed by atoms with Crippen molar-refractivity contribution in [2.75, 3.05) is 38.2 Å². The van der Waals surface area contributed by atoms with Crippen LogP contribution < -0.4 is 4.90 Å². The number of anilines is 1. The molecule has 0 spiro atoms. The summed E-state index contributed by atoms with van der Waals surface area (Å²) in [4.78, 5) is 13.4. The second-order valence-electron chi connectivity index (χ2n) is 6.44. The number of hydrogen-bond acceptors (Lipinski definition) is 7. The maximum atomic E-state index is 9.62. The van der Waals surface area contributed by atoms with Crippen molar-refractivity contribution in [3.05, 3.63) is 47.9 Å². The maximum absolute atomic E-state index is 9.62. The summed E-state index contributed by atoms with van der Waals surface area (Å²) >= 11 is 0. The molecule has 4 rings (SSSR count). The van der Waals surface area contributed by atoms with Crippen molar-refractivity contribution in [3.8, 4) is 5.75 Å². The standard InChI is InChI=1S/C18H22N6O2/c1-26-12-15-10-17(24-18(21-15)19-13-20-24)23-7-5-22(6-8-23)11-14-3-2-4-16(25)9-14/h2-4,9-10,13,25H,5-8,11-12H2,1H3. The second-order valence-corrected chi connectivity index (χ2v) is 6.44. The van der Waals surface area contributed by atoms with E-state index in [4.69, 9.17) is 4.74 Å². The molecule has 0 bridgehead atoms. The Morgan fingerprint density at radius 3 is 2.77 bits per heavy atom. The van der Waals surface area contributed by atoms with Crippen LogP contribution >= 0.6 is 0 Å². The van der Waals surface area contributed by atoms with Gasteiger partial charge in [-0.05, 0) is 17.7 Å². The summed E-state index contributed by atoms with van der Waals surface area (Å²) in [6, 6.07) is 9.48. The minimum Gasteiger partial charge on any atom is -0.508 e. The lowest BCUT2D eigenvalue weighted by Gasteiger charge is -2.36. The molecular weight excluding hydrogens is 332 g/mol. The van der Waals surface area contributed by atoms with Gasteiger partial charge >= 0.3 is 0 Å². The van der Waals surface area contributed by atoms with Crippen molar-refractivity contribution in [2.45, 2.75) is 13.2 Å². The van der Waals surface area contributed by atoms with Gasteiger partial charge in [0.25, 0.3) is 5.78 Å². The lowest BCUT2D eigenvalue weighted by Crippen LogP contribution is -2.46. The number of piperazine rings is 1. The number of ether oxygens (including phenoxy) is 1. The zero-order chi connectivity index (χ0) is 17.9. The number of phenolic OH excluding ortho intramolecular Hbond substituents is 1. The molecule has 2 aromatic heterocycles. The van der Waals surface area contributed by atoms with Crippen LogP contribution in [0.3, 0.4) is 0 Å². The molecule has 1 saturated heterocycles. The van der Waals surface area contributed by atoms with E-state index >= 15 is 0 Å². The molecule has 0 saturated carbocycles. The van der Waals surface area contributed by atoms with E-state index in [2.05, 4.69) is 24.9 Å². The largest absolute Gasteiger partial charge is 0.508 e. The van der Waals surface area contributed by atoms with Gasteiger partial charge in [-0.25, -0.2) is 4.98 Å². The first-order valence-corrected chi connectivity index (χ1v) is 8.67. The van der Waals surface area contributed by atoms with Gasteiger partial charge in [0.1, 0.15) is 17.9 Å². The van der Waals surface area contributed by atoms with E-state index in [0.29, 0.717) is 18.1 Å². The van der Waals surface area contributed by atoms with Crippen LogP contribution in [0.25, 0.3) is 5.78 Å². The summed E-state index contributed by atoms with van der Waals surface area (Å²) in [5, 5.41) is 13.9. The Kier molecular flexibility index (Phi) is 4.68. The number of rotatable bonds is 5. The van der Waals surface area contributed by atoms with Crippen molar-refractivity contribution in [3.63, 3.8) is 0 Å². The Morgan fingerprint density at radius 2 is 2.00 bits per heavy atom. The molecule has 0 amide bonds. The van der Waals surface area contributed by atoms with Gasteiger partial charge in [0, 0.05) is 45.9 Å². The van der Waals surface area contributed by atoms with E-state index < -0.39 is 0 Å². The fourth-order valence-corrected chi connectivity index (χ4v) is 3.34. The van der Waals surface area contributed by atoms with Gasteiger partial charge in [-0.3, -0.25) is 4.90 Å². The van der Waals surface area contributed by atoms with Crippen LogP contribution in [0, 0.1) is 0 Å². The highest BCUT2D eigenvalue weighted by molar-refractivity contribution is 5.47. The number of benzene rings is 1. The molecule has 0 unspecified atom stereocenters. The highest BCUT2D eigenvalue weighted by atomic mass is 16.5. The van der Waals surface area contributed by atoms with Crippen LogP contribution in [0.4, 0.5) is 5.82 Å². The van der Waals surface area contributed by atoms with Crippen molar-refractivity contribution < 1.29 is 9.84 Å². The van der Waals surface area contributed by atoms with Gasteiger partial charge in [-0.2, -0.15) is 14.6 Å². The summed E-state index contributed by atoms with van der Waals surface area (Å²) in [7, 11) is 1.66. The molecule has 0 radical (unpaired) electrons. The fraction of sp³-hybridized carbons (Fsp3) is 0.389. The molecule has 26 heavy (non-hydrogen) atoms. The molecule has 3 heterocycles. The lowest BCUT2D eigenvalue weighted by atomic mass is 10.2. The van der Waals surface area contributed by atoms with Gasteiger partial charge in [-0.1, -0.05) is 12.1 Å². The van der Waals surface area contributed by atoms with Crippen molar-refractivity contribution in [2.24, 2.45) is 0 Å². The summed E-state index contributed by atoms with van der Waals surface area (Å²) in [6.45, 7) is 4.95. The van der Waals surface area contributed by atoms with Crippen molar-refractivity contribution in [1.82, 2.24) is 24.5 Å². The number of methoxy groups -OCH3 is 1. The summed E-state index contributed by atoms with van der Waals surface area (Å²) in [5.41, 5.74) is 1.98. The first-order chi connectivity index (χ1) is 12.7. The molecule has 1 fully saturated rings. The second kappa shape index (κ2) is 7.27. The van der Waals surface area contributed by atoms with E-state index in [-0.39, 0.29) is 0 Å². The predicted molar refractivity (Wildman–Crippen MR) is 97.1 cm³/mol. The van der Waals surface area contributed by atoms with Gasteiger partial charge in [-0.15, -0.1) is 0 Å². The Hall–Kier alpha value is -2.71. The average molecular weight is 354 g/mol. The van der Waals surface area contributed by atoms with E-state index in [1.807, 2.05) is 24.3 Å². The normalized spacial score (nSPS) is 15.7. The van der Waals surface area contributed by atoms with Gasteiger partial charge in [0.05, 0.1) is 12.3 Å². The molecule has 8 heteroatoms. The predicted octanol–water partition coefficient (Wildman–Crippen LogP) is 1.30. The third kappa shape index (κ3) is 3.47. The SMILES string of the molecule is COCc1cc(N2CCN(Cc3cccc(O)c3)CC2)n2ncnc2n1. The summed E-state index contributed by atoms with van der Waals surface area (Å²) in [5.74, 6) is 1.91. The fourth-order valence-electron chi connectivity index (χ4n) is 3.34. The van der Waals surface area contributed by atoms with Crippen LogP contribution in [-0.2, 0) is 17.9 Å².